The average molecular weight is 500 g/mol. The molecule has 0 radical (unpaired) electrons. The number of hydrogen-bond donors (Lipinski definition) is 1. The van der Waals surface area contributed by atoms with Gasteiger partial charge in [-0.1, -0.05) is 30.3 Å². The van der Waals surface area contributed by atoms with Crippen LogP contribution in [-0.4, -0.2) is 33.3 Å². The Bertz CT molecular complexity index is 1420. The molecule has 1 aromatic heterocycles. The number of methoxy groups -OCH3 is 2. The van der Waals surface area contributed by atoms with Gasteiger partial charge in [0.15, 0.2) is 0 Å². The summed E-state index contributed by atoms with van der Waals surface area (Å²) in [5, 5.41) is 3.94. The highest BCUT2D eigenvalue weighted by molar-refractivity contribution is 6.01. The molecule has 0 aliphatic carbocycles. The standard InChI is InChI=1S/C31H33NO5/c1-6-36-24-13-11-22(12-14-24)27-19-37-31-21(3)30(35-5)25(18-26(27)31)20(2)17-29(33)32-16-15-23-9-7-8-10-28(23)34-4/h7-14,17-19H,6,15-16H2,1-5H3,(H,32,33)/b20-17+. The summed E-state index contributed by atoms with van der Waals surface area (Å²) in [4.78, 5) is 12.8. The molecule has 3 aromatic carbocycles. The van der Waals surface area contributed by atoms with Gasteiger partial charge >= 0.3 is 0 Å². The van der Waals surface area contributed by atoms with Crippen LogP contribution in [0.15, 0.2) is 71.4 Å². The van der Waals surface area contributed by atoms with Crippen LogP contribution in [0.4, 0.5) is 0 Å². The number of hydrogen-bond acceptors (Lipinski definition) is 5. The van der Waals surface area contributed by atoms with Crippen LogP contribution in [0.1, 0.15) is 30.5 Å². The SMILES string of the molecule is CCOc1ccc(-c2coc3c(C)c(OC)c(/C(C)=C/C(=O)NCCc4ccccc4OC)cc23)cc1. The molecule has 6 heteroatoms. The number of benzene rings is 3. The van der Waals surface area contributed by atoms with E-state index in [1.54, 1.807) is 26.6 Å². The van der Waals surface area contributed by atoms with Gasteiger partial charge in [-0.15, -0.1) is 0 Å². The van der Waals surface area contributed by atoms with Crippen molar-refractivity contribution in [3.05, 3.63) is 83.6 Å². The number of aryl methyl sites for hydroxylation is 1. The van der Waals surface area contributed by atoms with Crippen molar-refractivity contribution in [2.75, 3.05) is 27.4 Å². The largest absolute Gasteiger partial charge is 0.496 e. The molecular weight excluding hydrogens is 466 g/mol. The predicted octanol–water partition coefficient (Wildman–Crippen LogP) is 6.59. The first-order chi connectivity index (χ1) is 18.0. The fourth-order valence-corrected chi connectivity index (χ4v) is 4.55. The Morgan fingerprint density at radius 1 is 1.05 bits per heavy atom. The van der Waals surface area contributed by atoms with E-state index in [0.717, 1.165) is 55.9 Å². The summed E-state index contributed by atoms with van der Waals surface area (Å²) in [5.74, 6) is 2.18. The number of amides is 1. The van der Waals surface area contributed by atoms with E-state index in [2.05, 4.69) is 5.32 Å². The summed E-state index contributed by atoms with van der Waals surface area (Å²) in [6.07, 6.45) is 4.06. The van der Waals surface area contributed by atoms with E-state index >= 15 is 0 Å². The van der Waals surface area contributed by atoms with E-state index in [0.29, 0.717) is 25.3 Å². The maximum Gasteiger partial charge on any atom is 0.244 e. The lowest BCUT2D eigenvalue weighted by Crippen LogP contribution is -2.24. The van der Waals surface area contributed by atoms with Crippen LogP contribution in [-0.2, 0) is 11.2 Å². The molecule has 1 heterocycles. The first-order valence-corrected chi connectivity index (χ1v) is 12.4. The normalized spacial score (nSPS) is 11.4. The summed E-state index contributed by atoms with van der Waals surface area (Å²) < 4.78 is 22.7. The second kappa shape index (κ2) is 11.7. The molecule has 0 aliphatic rings. The maximum absolute atomic E-state index is 12.8. The van der Waals surface area contributed by atoms with Crippen molar-refractivity contribution < 1.29 is 23.4 Å². The lowest BCUT2D eigenvalue weighted by atomic mass is 9.96. The molecule has 0 aliphatic heterocycles. The molecule has 192 valence electrons. The Morgan fingerprint density at radius 2 is 1.81 bits per heavy atom. The molecule has 0 saturated heterocycles. The number of ether oxygens (including phenoxy) is 3. The molecule has 1 amide bonds. The number of furan rings is 1. The lowest BCUT2D eigenvalue weighted by Gasteiger charge is -2.13. The lowest BCUT2D eigenvalue weighted by molar-refractivity contribution is -0.116. The summed E-state index contributed by atoms with van der Waals surface area (Å²) in [7, 11) is 3.28. The van der Waals surface area contributed by atoms with Crippen LogP contribution in [0.5, 0.6) is 17.2 Å². The van der Waals surface area contributed by atoms with Crippen LogP contribution in [0.25, 0.3) is 27.7 Å². The second-order valence-corrected chi connectivity index (χ2v) is 8.75. The van der Waals surface area contributed by atoms with Gasteiger partial charge in [0.2, 0.25) is 5.91 Å². The number of para-hydroxylation sites is 1. The van der Waals surface area contributed by atoms with Gasteiger partial charge in [-0.25, -0.2) is 0 Å². The van der Waals surface area contributed by atoms with Crippen LogP contribution < -0.4 is 19.5 Å². The summed E-state index contributed by atoms with van der Waals surface area (Å²) in [6.45, 7) is 6.97. The molecule has 4 rings (SSSR count). The van der Waals surface area contributed by atoms with E-state index < -0.39 is 0 Å². The van der Waals surface area contributed by atoms with Crippen molar-refractivity contribution in [1.82, 2.24) is 5.32 Å². The fourth-order valence-electron chi connectivity index (χ4n) is 4.55. The van der Waals surface area contributed by atoms with Gasteiger partial charge in [-0.3, -0.25) is 4.79 Å². The molecule has 4 aromatic rings. The molecule has 0 unspecified atom stereocenters. The van der Waals surface area contributed by atoms with Crippen LogP contribution in [0, 0.1) is 6.92 Å². The Kier molecular flexibility index (Phi) is 8.18. The molecule has 6 nitrogen and oxygen atoms in total. The number of carbonyl (C=O) groups excluding carboxylic acids is 1. The van der Waals surface area contributed by atoms with Gasteiger partial charge in [0.05, 0.1) is 27.1 Å². The third-order valence-corrected chi connectivity index (χ3v) is 6.38. The molecule has 0 bridgehead atoms. The Morgan fingerprint density at radius 3 is 2.51 bits per heavy atom. The highest BCUT2D eigenvalue weighted by Crippen LogP contribution is 2.40. The van der Waals surface area contributed by atoms with Crippen LogP contribution >= 0.6 is 0 Å². The monoisotopic (exact) mass is 499 g/mol. The van der Waals surface area contributed by atoms with E-state index in [4.69, 9.17) is 18.6 Å². The summed E-state index contributed by atoms with van der Waals surface area (Å²) in [6, 6.07) is 17.8. The Labute approximate surface area is 217 Å². The minimum Gasteiger partial charge on any atom is -0.496 e. The van der Waals surface area contributed by atoms with Gasteiger partial charge in [0.25, 0.3) is 0 Å². The predicted molar refractivity (Wildman–Crippen MR) is 147 cm³/mol. The minimum atomic E-state index is -0.161. The quantitative estimate of drug-likeness (QED) is 0.249. The zero-order valence-electron chi connectivity index (χ0n) is 22.0. The van der Waals surface area contributed by atoms with Crippen LogP contribution in [0.3, 0.4) is 0 Å². The van der Waals surface area contributed by atoms with E-state index in [-0.39, 0.29) is 5.91 Å². The highest BCUT2D eigenvalue weighted by atomic mass is 16.5. The molecule has 0 atom stereocenters. The number of allylic oxidation sites excluding steroid dienone is 1. The molecule has 0 saturated carbocycles. The summed E-state index contributed by atoms with van der Waals surface area (Å²) >= 11 is 0. The number of rotatable bonds is 10. The van der Waals surface area contributed by atoms with E-state index in [1.165, 1.54) is 0 Å². The average Bonchev–Trinajstić information content (AvgIpc) is 3.34. The first-order valence-electron chi connectivity index (χ1n) is 12.4. The van der Waals surface area contributed by atoms with Crippen molar-refractivity contribution in [3.63, 3.8) is 0 Å². The smallest absolute Gasteiger partial charge is 0.244 e. The maximum atomic E-state index is 12.8. The van der Waals surface area contributed by atoms with Crippen molar-refractivity contribution >= 4 is 22.4 Å². The van der Waals surface area contributed by atoms with Crippen molar-refractivity contribution in [2.24, 2.45) is 0 Å². The molecule has 0 spiro atoms. The van der Waals surface area contributed by atoms with Gasteiger partial charge in [0.1, 0.15) is 22.8 Å². The molecule has 0 fully saturated rings. The highest BCUT2D eigenvalue weighted by Gasteiger charge is 2.19. The van der Waals surface area contributed by atoms with E-state index in [9.17, 15) is 4.79 Å². The number of nitrogens with one attached hydrogen (secondary N) is 1. The second-order valence-electron chi connectivity index (χ2n) is 8.75. The number of fused-ring (bicyclic) bond motifs is 1. The first kappa shape index (κ1) is 25.9. The van der Waals surface area contributed by atoms with E-state index in [1.807, 2.05) is 75.4 Å². The Balaban J connectivity index is 1.59. The van der Waals surface area contributed by atoms with Crippen LogP contribution in [0.2, 0.25) is 0 Å². The zero-order chi connectivity index (χ0) is 26.4. The topological polar surface area (TPSA) is 69.9 Å². The van der Waals surface area contributed by atoms with Crippen molar-refractivity contribution in [1.29, 1.82) is 0 Å². The van der Waals surface area contributed by atoms with Crippen molar-refractivity contribution in [3.8, 4) is 28.4 Å². The molecule has 37 heavy (non-hydrogen) atoms. The third-order valence-electron chi connectivity index (χ3n) is 6.38. The van der Waals surface area contributed by atoms with Gasteiger partial charge in [-0.2, -0.15) is 0 Å². The number of carbonyl (C=O) groups is 1. The van der Waals surface area contributed by atoms with Gasteiger partial charge in [-0.05, 0) is 68.2 Å². The fraction of sp³-hybridized carbons (Fsp3) is 0.258. The Hall–Kier alpha value is -4.19. The third kappa shape index (κ3) is 5.64. The molecule has 1 N–H and O–H groups in total. The van der Waals surface area contributed by atoms with Gasteiger partial charge < -0.3 is 23.9 Å². The zero-order valence-corrected chi connectivity index (χ0v) is 22.0. The van der Waals surface area contributed by atoms with Gasteiger partial charge in [0, 0.05) is 34.7 Å². The summed E-state index contributed by atoms with van der Waals surface area (Å²) in [5.41, 5.74) is 6.34. The molecular formula is C31H33NO5. The van der Waals surface area contributed by atoms with Crippen molar-refractivity contribution in [2.45, 2.75) is 27.2 Å². The minimum absolute atomic E-state index is 0.161.